The lowest BCUT2D eigenvalue weighted by Crippen LogP contribution is -2.02. The molecule has 1 fully saturated rings. The van der Waals surface area contributed by atoms with Gasteiger partial charge in [-0.15, -0.1) is 0 Å². The van der Waals surface area contributed by atoms with E-state index in [0.717, 1.165) is 12.3 Å². The number of nitrogens with zero attached hydrogens (tertiary/aromatic N) is 1. The van der Waals surface area contributed by atoms with E-state index in [0.29, 0.717) is 5.92 Å². The maximum atomic E-state index is 8.62. The molecule has 0 N–H and O–H groups in total. The van der Waals surface area contributed by atoms with Gasteiger partial charge in [-0.3, -0.25) is 0 Å². The second kappa shape index (κ2) is 2.87. The molecule has 0 aliphatic heterocycles. The van der Waals surface area contributed by atoms with Crippen LogP contribution >= 0.6 is 0 Å². The SMILES string of the molecule is CCC1CCCC1C#N. The van der Waals surface area contributed by atoms with E-state index >= 15 is 0 Å². The Bertz CT molecular complexity index is 123. The molecule has 0 bridgehead atoms. The van der Waals surface area contributed by atoms with Gasteiger partial charge in [0.15, 0.2) is 0 Å². The van der Waals surface area contributed by atoms with Crippen LogP contribution in [0.1, 0.15) is 32.6 Å². The Kier molecular flexibility index (Phi) is 2.10. The Morgan fingerprint density at radius 2 is 2.33 bits per heavy atom. The van der Waals surface area contributed by atoms with Crippen LogP contribution in [0, 0.1) is 23.2 Å². The topological polar surface area (TPSA) is 23.8 Å². The fraction of sp³-hybridized carbons (Fsp3) is 0.875. The number of hydrogen-bond acceptors (Lipinski definition) is 1. The smallest absolute Gasteiger partial charge is 0.0658 e. The highest BCUT2D eigenvalue weighted by atomic mass is 14.3. The van der Waals surface area contributed by atoms with Gasteiger partial charge in [0.25, 0.3) is 0 Å². The minimum absolute atomic E-state index is 0.384. The van der Waals surface area contributed by atoms with Crippen molar-refractivity contribution < 1.29 is 0 Å². The zero-order chi connectivity index (χ0) is 6.69. The van der Waals surface area contributed by atoms with Gasteiger partial charge in [-0.2, -0.15) is 5.26 Å². The molecular weight excluding hydrogens is 110 g/mol. The van der Waals surface area contributed by atoms with Crippen LogP contribution in [0.15, 0.2) is 0 Å². The van der Waals surface area contributed by atoms with Crippen LogP contribution in [0.5, 0.6) is 0 Å². The molecule has 1 rings (SSSR count). The minimum atomic E-state index is 0.384. The zero-order valence-electron chi connectivity index (χ0n) is 5.93. The molecule has 0 amide bonds. The van der Waals surface area contributed by atoms with Gasteiger partial charge in [0.2, 0.25) is 0 Å². The maximum Gasteiger partial charge on any atom is 0.0658 e. The average molecular weight is 123 g/mol. The van der Waals surface area contributed by atoms with Crippen LogP contribution in [0.25, 0.3) is 0 Å². The normalized spacial score (nSPS) is 34.2. The van der Waals surface area contributed by atoms with Gasteiger partial charge in [-0.1, -0.05) is 19.8 Å². The first-order valence-corrected chi connectivity index (χ1v) is 3.78. The molecule has 1 aliphatic carbocycles. The third kappa shape index (κ3) is 1.24. The van der Waals surface area contributed by atoms with Crippen LogP contribution in [-0.4, -0.2) is 0 Å². The number of nitriles is 1. The summed E-state index contributed by atoms with van der Waals surface area (Å²) in [6, 6.07) is 2.36. The Morgan fingerprint density at radius 3 is 2.78 bits per heavy atom. The lowest BCUT2D eigenvalue weighted by molar-refractivity contribution is 0.453. The summed E-state index contributed by atoms with van der Waals surface area (Å²) in [6.45, 7) is 2.18. The molecular formula is C8H13N. The van der Waals surface area contributed by atoms with Gasteiger partial charge in [-0.25, -0.2) is 0 Å². The van der Waals surface area contributed by atoms with E-state index in [1.807, 2.05) is 0 Å². The molecule has 1 saturated carbocycles. The highest BCUT2D eigenvalue weighted by molar-refractivity contribution is 4.91. The van der Waals surface area contributed by atoms with Crippen molar-refractivity contribution in [1.29, 1.82) is 5.26 Å². The van der Waals surface area contributed by atoms with Crippen molar-refractivity contribution in [2.45, 2.75) is 32.6 Å². The number of hydrogen-bond donors (Lipinski definition) is 0. The minimum Gasteiger partial charge on any atom is -0.198 e. The summed E-state index contributed by atoms with van der Waals surface area (Å²) < 4.78 is 0. The predicted octanol–water partition coefficient (Wildman–Crippen LogP) is 2.34. The van der Waals surface area contributed by atoms with Crippen LogP contribution in [-0.2, 0) is 0 Å². The zero-order valence-corrected chi connectivity index (χ0v) is 5.93. The molecule has 0 heterocycles. The summed E-state index contributed by atoms with van der Waals surface area (Å²) in [7, 11) is 0. The van der Waals surface area contributed by atoms with Crippen LogP contribution in [0.4, 0.5) is 0 Å². The van der Waals surface area contributed by atoms with Crippen LogP contribution in [0.2, 0.25) is 0 Å². The van der Waals surface area contributed by atoms with Gasteiger partial charge in [0.05, 0.1) is 6.07 Å². The van der Waals surface area contributed by atoms with Crippen molar-refractivity contribution in [3.8, 4) is 6.07 Å². The average Bonchev–Trinajstić information content (AvgIpc) is 2.33. The molecule has 0 aromatic carbocycles. The second-order valence-electron chi connectivity index (χ2n) is 2.83. The van der Waals surface area contributed by atoms with Crippen molar-refractivity contribution in [3.05, 3.63) is 0 Å². The first-order chi connectivity index (χ1) is 4.38. The molecule has 1 nitrogen and oxygen atoms in total. The van der Waals surface area contributed by atoms with E-state index in [4.69, 9.17) is 5.26 Å². The fourth-order valence-corrected chi connectivity index (χ4v) is 1.70. The summed E-state index contributed by atoms with van der Waals surface area (Å²) in [5, 5.41) is 8.62. The lowest BCUT2D eigenvalue weighted by Gasteiger charge is -2.07. The molecule has 0 aromatic heterocycles. The first-order valence-electron chi connectivity index (χ1n) is 3.78. The van der Waals surface area contributed by atoms with Crippen LogP contribution < -0.4 is 0 Å². The molecule has 2 unspecified atom stereocenters. The Balaban J connectivity index is 2.44. The largest absolute Gasteiger partial charge is 0.198 e. The van der Waals surface area contributed by atoms with Crippen LogP contribution in [0.3, 0.4) is 0 Å². The highest BCUT2D eigenvalue weighted by Crippen LogP contribution is 2.32. The second-order valence-corrected chi connectivity index (χ2v) is 2.83. The summed E-state index contributed by atoms with van der Waals surface area (Å²) in [4.78, 5) is 0. The Labute approximate surface area is 56.7 Å². The first kappa shape index (κ1) is 6.61. The summed E-state index contributed by atoms with van der Waals surface area (Å²) in [5.41, 5.74) is 0. The molecule has 0 radical (unpaired) electrons. The molecule has 0 saturated heterocycles. The molecule has 1 heteroatoms. The van der Waals surface area contributed by atoms with Crippen molar-refractivity contribution in [2.24, 2.45) is 11.8 Å². The Morgan fingerprint density at radius 1 is 1.56 bits per heavy atom. The van der Waals surface area contributed by atoms with Crippen molar-refractivity contribution in [1.82, 2.24) is 0 Å². The van der Waals surface area contributed by atoms with E-state index in [1.54, 1.807) is 0 Å². The molecule has 1 aliphatic rings. The molecule has 9 heavy (non-hydrogen) atoms. The quantitative estimate of drug-likeness (QED) is 0.525. The summed E-state index contributed by atoms with van der Waals surface area (Å²) in [6.07, 6.45) is 4.90. The molecule has 0 spiro atoms. The Hall–Kier alpha value is -0.510. The maximum absolute atomic E-state index is 8.62. The highest BCUT2D eigenvalue weighted by Gasteiger charge is 2.24. The van der Waals surface area contributed by atoms with Crippen molar-refractivity contribution >= 4 is 0 Å². The number of rotatable bonds is 1. The molecule has 0 aromatic rings. The van der Waals surface area contributed by atoms with E-state index in [9.17, 15) is 0 Å². The van der Waals surface area contributed by atoms with Crippen molar-refractivity contribution in [2.75, 3.05) is 0 Å². The summed E-state index contributed by atoms with van der Waals surface area (Å²) in [5.74, 6) is 1.10. The van der Waals surface area contributed by atoms with E-state index < -0.39 is 0 Å². The fourth-order valence-electron chi connectivity index (χ4n) is 1.70. The van der Waals surface area contributed by atoms with Crippen molar-refractivity contribution in [3.63, 3.8) is 0 Å². The van der Waals surface area contributed by atoms with Gasteiger partial charge in [0, 0.05) is 5.92 Å². The van der Waals surface area contributed by atoms with Gasteiger partial charge in [-0.05, 0) is 18.8 Å². The monoisotopic (exact) mass is 123 g/mol. The lowest BCUT2D eigenvalue weighted by atomic mass is 9.95. The third-order valence-electron chi connectivity index (χ3n) is 2.35. The van der Waals surface area contributed by atoms with Gasteiger partial charge in [0.1, 0.15) is 0 Å². The standard InChI is InChI=1S/C8H13N/c1-2-7-4-3-5-8(7)6-9/h7-8H,2-5H2,1H3. The molecule has 50 valence electrons. The predicted molar refractivity (Wildman–Crippen MR) is 36.7 cm³/mol. The van der Waals surface area contributed by atoms with Gasteiger partial charge >= 0.3 is 0 Å². The van der Waals surface area contributed by atoms with E-state index in [2.05, 4.69) is 13.0 Å². The van der Waals surface area contributed by atoms with Gasteiger partial charge < -0.3 is 0 Å². The third-order valence-corrected chi connectivity index (χ3v) is 2.35. The molecule has 2 atom stereocenters. The van der Waals surface area contributed by atoms with E-state index in [1.165, 1.54) is 19.3 Å². The van der Waals surface area contributed by atoms with E-state index in [-0.39, 0.29) is 0 Å². The summed E-state index contributed by atoms with van der Waals surface area (Å²) >= 11 is 0.